The number of para-hydroxylation sites is 2. The molecule has 1 saturated carbocycles. The molecule has 1 aliphatic carbocycles. The monoisotopic (exact) mass is 510 g/mol. The lowest BCUT2D eigenvalue weighted by Crippen LogP contribution is -2.56. The predicted molar refractivity (Wildman–Crippen MR) is 137 cm³/mol. The summed E-state index contributed by atoms with van der Waals surface area (Å²) in [6.07, 6.45) is -0.357. The lowest BCUT2D eigenvalue weighted by molar-refractivity contribution is -0.150. The van der Waals surface area contributed by atoms with E-state index in [-0.39, 0.29) is 11.4 Å². The maximum absolute atomic E-state index is 13.6. The van der Waals surface area contributed by atoms with Crippen LogP contribution in [0.5, 0.6) is 0 Å². The number of amides is 2. The zero-order chi connectivity index (χ0) is 25.2. The van der Waals surface area contributed by atoms with E-state index < -0.39 is 41.0 Å². The van der Waals surface area contributed by atoms with Crippen LogP contribution in [0.4, 0.5) is 11.4 Å². The van der Waals surface area contributed by atoms with Crippen LogP contribution in [0.3, 0.4) is 0 Å². The summed E-state index contributed by atoms with van der Waals surface area (Å²) in [6.45, 7) is 1.44. The Labute approximate surface area is 213 Å². The van der Waals surface area contributed by atoms with Gasteiger partial charge in [0.2, 0.25) is 11.8 Å². The molecule has 0 aliphatic heterocycles. The summed E-state index contributed by atoms with van der Waals surface area (Å²) in [7, 11) is 0. The molecule has 0 aromatic heterocycles. The van der Waals surface area contributed by atoms with Gasteiger partial charge in [-0.3, -0.25) is 14.4 Å². The number of hydrogen-bond donors (Lipinski definition) is 3. The van der Waals surface area contributed by atoms with Crippen molar-refractivity contribution in [2.75, 3.05) is 10.6 Å². The fourth-order valence-corrected chi connectivity index (χ4v) is 5.00. The van der Waals surface area contributed by atoms with Gasteiger partial charge in [-0.15, -0.1) is 0 Å². The van der Waals surface area contributed by atoms with Gasteiger partial charge >= 0.3 is 0 Å². The molecule has 8 heteroatoms. The molecule has 0 saturated heterocycles. The highest BCUT2D eigenvalue weighted by Crippen LogP contribution is 2.47. The van der Waals surface area contributed by atoms with Crippen LogP contribution in [-0.2, 0) is 14.4 Å². The molecule has 1 aliphatic rings. The molecule has 0 radical (unpaired) electrons. The first-order chi connectivity index (χ1) is 16.7. The number of anilines is 2. The predicted octanol–water partition coefficient (Wildman–Crippen LogP) is 5.31. The summed E-state index contributed by atoms with van der Waals surface area (Å²) in [5.74, 6) is -4.91. The zero-order valence-electron chi connectivity index (χ0n) is 18.9. The van der Waals surface area contributed by atoms with Gasteiger partial charge in [0.05, 0.1) is 21.6 Å². The summed E-state index contributed by atoms with van der Waals surface area (Å²) >= 11 is 12.4. The summed E-state index contributed by atoms with van der Waals surface area (Å²) < 4.78 is 0. The average molecular weight is 511 g/mol. The van der Waals surface area contributed by atoms with Gasteiger partial charge in [-0.25, -0.2) is 0 Å². The average Bonchev–Trinajstić information content (AvgIpc) is 2.81. The van der Waals surface area contributed by atoms with Gasteiger partial charge < -0.3 is 15.7 Å². The molecule has 1 fully saturated rings. The Balaban J connectivity index is 1.79. The van der Waals surface area contributed by atoms with E-state index in [0.29, 0.717) is 22.0 Å². The molecule has 180 valence electrons. The number of carbonyl (C=O) groups excluding carboxylic acids is 3. The van der Waals surface area contributed by atoms with Crippen LogP contribution in [0.2, 0.25) is 10.0 Å². The number of Topliss-reactive ketones (excluding diaryl/α,β-unsaturated/α-hetero) is 1. The minimum atomic E-state index is -1.71. The molecule has 0 bridgehead atoms. The van der Waals surface area contributed by atoms with E-state index in [9.17, 15) is 19.5 Å². The highest BCUT2D eigenvalue weighted by molar-refractivity contribution is 6.42. The molecule has 3 aromatic rings. The van der Waals surface area contributed by atoms with E-state index >= 15 is 0 Å². The minimum Gasteiger partial charge on any atom is -0.389 e. The smallest absolute Gasteiger partial charge is 0.235 e. The van der Waals surface area contributed by atoms with Gasteiger partial charge in [-0.1, -0.05) is 65.7 Å². The molecular formula is C27H24Cl2N2O4. The molecule has 0 heterocycles. The maximum atomic E-state index is 13.6. The molecule has 4 atom stereocenters. The van der Waals surface area contributed by atoms with Gasteiger partial charge in [0.15, 0.2) is 0 Å². The summed E-state index contributed by atoms with van der Waals surface area (Å²) in [5.41, 5.74) is -0.214. The van der Waals surface area contributed by atoms with Crippen molar-refractivity contribution in [1.29, 1.82) is 0 Å². The van der Waals surface area contributed by atoms with Crippen LogP contribution in [0.25, 0.3) is 0 Å². The first-order valence-electron chi connectivity index (χ1n) is 11.1. The number of rotatable bonds is 5. The van der Waals surface area contributed by atoms with Crippen molar-refractivity contribution in [1.82, 2.24) is 0 Å². The lowest BCUT2D eigenvalue weighted by Gasteiger charge is -2.44. The third-order valence-electron chi connectivity index (χ3n) is 6.24. The fraction of sp³-hybridized carbons (Fsp3) is 0.222. The molecule has 3 N–H and O–H groups in total. The molecule has 35 heavy (non-hydrogen) atoms. The Hall–Kier alpha value is -3.19. The van der Waals surface area contributed by atoms with E-state index in [1.807, 2.05) is 6.07 Å². The molecule has 3 aromatic carbocycles. The number of nitrogens with one attached hydrogen (secondary N) is 2. The van der Waals surface area contributed by atoms with Crippen LogP contribution in [0.1, 0.15) is 24.8 Å². The normalized spacial score (nSPS) is 24.0. The topological polar surface area (TPSA) is 95.5 Å². The molecular weight excluding hydrogens is 487 g/mol. The van der Waals surface area contributed by atoms with Crippen LogP contribution in [0.15, 0.2) is 78.9 Å². The zero-order valence-corrected chi connectivity index (χ0v) is 20.4. The Kier molecular flexibility index (Phi) is 7.26. The van der Waals surface area contributed by atoms with E-state index in [1.54, 1.807) is 66.7 Å². The highest BCUT2D eigenvalue weighted by Gasteiger charge is 2.56. The Morgan fingerprint density at radius 3 is 1.94 bits per heavy atom. The Bertz CT molecular complexity index is 1250. The highest BCUT2D eigenvalue weighted by atomic mass is 35.5. The van der Waals surface area contributed by atoms with Crippen molar-refractivity contribution in [3.63, 3.8) is 0 Å². The van der Waals surface area contributed by atoms with E-state index in [0.717, 1.165) is 0 Å². The number of hydrogen-bond acceptors (Lipinski definition) is 4. The van der Waals surface area contributed by atoms with Crippen molar-refractivity contribution in [2.24, 2.45) is 11.8 Å². The molecule has 4 rings (SSSR count). The first kappa shape index (κ1) is 24.9. The van der Waals surface area contributed by atoms with Crippen LogP contribution >= 0.6 is 23.2 Å². The number of halogens is 2. The van der Waals surface area contributed by atoms with Crippen molar-refractivity contribution in [3.8, 4) is 0 Å². The van der Waals surface area contributed by atoms with Crippen molar-refractivity contribution in [3.05, 3.63) is 94.5 Å². The fourth-order valence-electron chi connectivity index (χ4n) is 4.69. The molecule has 0 spiro atoms. The first-order valence-corrected chi connectivity index (χ1v) is 11.8. The summed E-state index contributed by atoms with van der Waals surface area (Å²) in [6, 6.07) is 22.2. The number of aliphatic hydroxyl groups is 1. The van der Waals surface area contributed by atoms with E-state index in [1.165, 1.54) is 13.0 Å². The van der Waals surface area contributed by atoms with Crippen molar-refractivity contribution >= 4 is 52.2 Å². The minimum absolute atomic E-state index is 0.214. The van der Waals surface area contributed by atoms with Crippen molar-refractivity contribution < 1.29 is 19.5 Å². The van der Waals surface area contributed by atoms with Gasteiger partial charge in [0, 0.05) is 23.7 Å². The molecule has 4 unspecified atom stereocenters. The SMILES string of the molecule is CC1(O)CC(=O)C(C(=O)Nc2ccccc2)C(c2ccc(Cl)c(Cl)c2)C1C(=O)Nc1ccccc1. The summed E-state index contributed by atoms with van der Waals surface area (Å²) in [5, 5.41) is 17.4. The van der Waals surface area contributed by atoms with Gasteiger partial charge in [0.1, 0.15) is 11.7 Å². The van der Waals surface area contributed by atoms with Crippen LogP contribution in [-0.4, -0.2) is 28.3 Å². The summed E-state index contributed by atoms with van der Waals surface area (Å²) in [4.78, 5) is 40.3. The van der Waals surface area contributed by atoms with Gasteiger partial charge in [0.25, 0.3) is 0 Å². The second-order valence-electron chi connectivity index (χ2n) is 8.87. The lowest BCUT2D eigenvalue weighted by atomic mass is 9.61. The molecule has 6 nitrogen and oxygen atoms in total. The second kappa shape index (κ2) is 10.2. The Morgan fingerprint density at radius 1 is 0.857 bits per heavy atom. The van der Waals surface area contributed by atoms with Gasteiger partial charge in [-0.05, 0) is 48.9 Å². The van der Waals surface area contributed by atoms with E-state index in [2.05, 4.69) is 10.6 Å². The third-order valence-corrected chi connectivity index (χ3v) is 6.98. The quantitative estimate of drug-likeness (QED) is 0.405. The van der Waals surface area contributed by atoms with Crippen molar-refractivity contribution in [2.45, 2.75) is 24.9 Å². The number of carbonyl (C=O) groups is 3. The molecule has 2 amide bonds. The number of ketones is 1. The van der Waals surface area contributed by atoms with E-state index in [4.69, 9.17) is 23.2 Å². The second-order valence-corrected chi connectivity index (χ2v) is 9.68. The standard InChI is InChI=1S/C27H24Cl2N2O4/c1-27(35)15-21(32)23(25(33)30-17-8-4-2-5-9-17)22(16-12-13-19(28)20(29)14-16)24(27)26(34)31-18-10-6-3-7-11-18/h2-14,22-24,35H,15H2,1H3,(H,30,33)(H,31,34). The Morgan fingerprint density at radius 2 is 1.40 bits per heavy atom. The van der Waals surface area contributed by atoms with Gasteiger partial charge in [-0.2, -0.15) is 0 Å². The maximum Gasteiger partial charge on any atom is 0.235 e. The van der Waals surface area contributed by atoms with Crippen LogP contribution < -0.4 is 10.6 Å². The number of benzene rings is 3. The van der Waals surface area contributed by atoms with Crippen LogP contribution in [0, 0.1) is 11.8 Å². The third kappa shape index (κ3) is 5.40. The largest absolute Gasteiger partial charge is 0.389 e.